The Morgan fingerprint density at radius 3 is 2.93 bits per heavy atom. The molecular formula is C8H13N5O2. The molecule has 0 radical (unpaired) electrons. The van der Waals surface area contributed by atoms with Crippen molar-refractivity contribution in [3.63, 3.8) is 0 Å². The predicted octanol–water partition coefficient (Wildman–Crippen LogP) is 0.186. The van der Waals surface area contributed by atoms with Gasteiger partial charge in [-0.3, -0.25) is 0 Å². The van der Waals surface area contributed by atoms with E-state index in [0.29, 0.717) is 5.92 Å². The van der Waals surface area contributed by atoms with Crippen molar-refractivity contribution in [1.82, 2.24) is 20.1 Å². The normalized spacial score (nSPS) is 17.9. The summed E-state index contributed by atoms with van der Waals surface area (Å²) in [5.74, 6) is 0.233. The summed E-state index contributed by atoms with van der Waals surface area (Å²) in [4.78, 5) is 13.4. The third kappa shape index (κ3) is 2.50. The van der Waals surface area contributed by atoms with Gasteiger partial charge in [-0.25, -0.2) is 0 Å². The Bertz CT molecular complexity index is 345. The van der Waals surface area contributed by atoms with Gasteiger partial charge >= 0.3 is 5.95 Å². The van der Waals surface area contributed by atoms with E-state index in [1.807, 2.05) is 0 Å². The lowest BCUT2D eigenvalue weighted by Gasteiger charge is -2.21. The van der Waals surface area contributed by atoms with Crippen molar-refractivity contribution in [2.45, 2.75) is 19.4 Å². The van der Waals surface area contributed by atoms with E-state index in [1.165, 1.54) is 6.33 Å². The Morgan fingerprint density at radius 1 is 1.60 bits per heavy atom. The van der Waals surface area contributed by atoms with Gasteiger partial charge in [0, 0.05) is 5.10 Å². The van der Waals surface area contributed by atoms with Gasteiger partial charge in [0.1, 0.15) is 0 Å². The molecule has 0 unspecified atom stereocenters. The van der Waals surface area contributed by atoms with E-state index in [1.54, 1.807) is 4.68 Å². The average Bonchev–Trinajstić information content (AvgIpc) is 2.68. The molecule has 0 bridgehead atoms. The lowest BCUT2D eigenvalue weighted by Crippen LogP contribution is -2.30. The maximum absolute atomic E-state index is 10.4. The highest BCUT2D eigenvalue weighted by Gasteiger charge is 2.18. The van der Waals surface area contributed by atoms with E-state index in [0.717, 1.165) is 32.5 Å². The van der Waals surface area contributed by atoms with Gasteiger partial charge in [-0.15, -0.1) is 0 Å². The molecule has 1 fully saturated rings. The van der Waals surface area contributed by atoms with Crippen molar-refractivity contribution in [1.29, 1.82) is 0 Å². The topological polar surface area (TPSA) is 85.9 Å². The molecule has 1 aliphatic heterocycles. The van der Waals surface area contributed by atoms with E-state index in [9.17, 15) is 10.1 Å². The van der Waals surface area contributed by atoms with Gasteiger partial charge in [-0.05, 0) is 36.8 Å². The van der Waals surface area contributed by atoms with Gasteiger partial charge in [0.05, 0.1) is 6.54 Å². The number of hydrogen-bond donors (Lipinski definition) is 1. The van der Waals surface area contributed by atoms with Crippen LogP contribution in [0.1, 0.15) is 12.8 Å². The summed E-state index contributed by atoms with van der Waals surface area (Å²) in [6, 6.07) is 0. The van der Waals surface area contributed by atoms with Crippen molar-refractivity contribution in [2.75, 3.05) is 13.1 Å². The van der Waals surface area contributed by atoms with Crippen LogP contribution in [-0.4, -0.2) is 32.8 Å². The van der Waals surface area contributed by atoms with Gasteiger partial charge in [0.2, 0.25) is 6.33 Å². The highest BCUT2D eigenvalue weighted by Crippen LogP contribution is 2.14. The molecule has 0 atom stereocenters. The third-order valence-corrected chi connectivity index (χ3v) is 2.59. The van der Waals surface area contributed by atoms with Crippen molar-refractivity contribution in [2.24, 2.45) is 5.92 Å². The first-order valence-electron chi connectivity index (χ1n) is 5.00. The van der Waals surface area contributed by atoms with E-state index in [2.05, 4.69) is 15.4 Å². The van der Waals surface area contributed by atoms with Crippen LogP contribution in [0.5, 0.6) is 0 Å². The third-order valence-electron chi connectivity index (χ3n) is 2.59. The predicted molar refractivity (Wildman–Crippen MR) is 52.3 cm³/mol. The molecule has 1 aliphatic rings. The molecule has 0 amide bonds. The SMILES string of the molecule is O=[N+]([O-])c1ncn(CC2CCNCC2)n1. The standard InChI is InChI=1S/C8H13N5O2/c14-13(15)8-10-6-12(11-8)5-7-1-3-9-4-2-7/h6-7,9H,1-5H2. The molecule has 7 nitrogen and oxygen atoms in total. The fourth-order valence-corrected chi connectivity index (χ4v) is 1.79. The van der Waals surface area contributed by atoms with Crippen LogP contribution in [0.15, 0.2) is 6.33 Å². The van der Waals surface area contributed by atoms with Gasteiger partial charge in [-0.2, -0.15) is 4.68 Å². The zero-order valence-corrected chi connectivity index (χ0v) is 8.30. The van der Waals surface area contributed by atoms with Crippen LogP contribution in [0.3, 0.4) is 0 Å². The second-order valence-corrected chi connectivity index (χ2v) is 3.72. The van der Waals surface area contributed by atoms with Crippen LogP contribution in [-0.2, 0) is 6.54 Å². The molecule has 2 heterocycles. The number of piperidine rings is 1. The molecule has 0 aromatic carbocycles. The van der Waals surface area contributed by atoms with Crippen LogP contribution < -0.4 is 5.32 Å². The minimum absolute atomic E-state index is 0.316. The zero-order chi connectivity index (χ0) is 10.7. The molecule has 1 N–H and O–H groups in total. The van der Waals surface area contributed by atoms with Crippen molar-refractivity contribution in [3.8, 4) is 0 Å². The Labute approximate surface area is 86.6 Å². The van der Waals surface area contributed by atoms with Gasteiger partial charge < -0.3 is 15.4 Å². The number of nitro groups is 1. The fraction of sp³-hybridized carbons (Fsp3) is 0.750. The van der Waals surface area contributed by atoms with Gasteiger partial charge in [0.25, 0.3) is 0 Å². The highest BCUT2D eigenvalue weighted by molar-refractivity contribution is 4.97. The van der Waals surface area contributed by atoms with Gasteiger partial charge in [0.15, 0.2) is 0 Å². The zero-order valence-electron chi connectivity index (χ0n) is 8.30. The van der Waals surface area contributed by atoms with E-state index >= 15 is 0 Å². The summed E-state index contributed by atoms with van der Waals surface area (Å²) >= 11 is 0. The summed E-state index contributed by atoms with van der Waals surface area (Å²) in [7, 11) is 0. The fourth-order valence-electron chi connectivity index (χ4n) is 1.79. The molecule has 2 rings (SSSR count). The second-order valence-electron chi connectivity index (χ2n) is 3.72. The van der Waals surface area contributed by atoms with Crippen molar-refractivity contribution in [3.05, 3.63) is 16.4 Å². The lowest BCUT2D eigenvalue weighted by atomic mass is 9.98. The number of hydrogen-bond acceptors (Lipinski definition) is 5. The van der Waals surface area contributed by atoms with Crippen LogP contribution >= 0.6 is 0 Å². The Kier molecular flexibility index (Phi) is 2.91. The molecular weight excluding hydrogens is 198 g/mol. The number of nitrogens with one attached hydrogen (secondary N) is 1. The largest absolute Gasteiger partial charge is 0.490 e. The molecule has 0 aliphatic carbocycles. The summed E-state index contributed by atoms with van der Waals surface area (Å²) in [6.45, 7) is 2.76. The number of nitrogens with zero attached hydrogens (tertiary/aromatic N) is 4. The molecule has 7 heteroatoms. The van der Waals surface area contributed by atoms with Crippen LogP contribution in [0.25, 0.3) is 0 Å². The van der Waals surface area contributed by atoms with E-state index < -0.39 is 4.92 Å². The van der Waals surface area contributed by atoms with Gasteiger partial charge in [-0.1, -0.05) is 4.98 Å². The lowest BCUT2D eigenvalue weighted by molar-refractivity contribution is -0.394. The van der Waals surface area contributed by atoms with E-state index in [-0.39, 0.29) is 5.95 Å². The quantitative estimate of drug-likeness (QED) is 0.569. The first-order chi connectivity index (χ1) is 7.25. The first-order valence-corrected chi connectivity index (χ1v) is 5.00. The molecule has 15 heavy (non-hydrogen) atoms. The molecule has 82 valence electrons. The minimum Gasteiger partial charge on any atom is -0.390 e. The molecule has 1 aromatic heterocycles. The van der Waals surface area contributed by atoms with Crippen LogP contribution in [0, 0.1) is 16.0 Å². The molecule has 0 spiro atoms. The van der Waals surface area contributed by atoms with Crippen LogP contribution in [0.2, 0.25) is 0 Å². The van der Waals surface area contributed by atoms with Crippen molar-refractivity contribution >= 4 is 5.95 Å². The molecule has 1 saturated heterocycles. The Hall–Kier alpha value is -1.50. The monoisotopic (exact) mass is 211 g/mol. The maximum atomic E-state index is 10.4. The van der Waals surface area contributed by atoms with Crippen LogP contribution in [0.4, 0.5) is 5.95 Å². The summed E-state index contributed by atoms with van der Waals surface area (Å²) in [6.07, 6.45) is 3.61. The molecule has 1 aromatic rings. The number of aromatic nitrogens is 3. The Morgan fingerprint density at radius 2 is 2.33 bits per heavy atom. The summed E-state index contributed by atoms with van der Waals surface area (Å²) < 4.78 is 1.56. The van der Waals surface area contributed by atoms with Crippen molar-refractivity contribution < 1.29 is 4.92 Å². The maximum Gasteiger partial charge on any atom is 0.490 e. The summed E-state index contributed by atoms with van der Waals surface area (Å²) in [5.41, 5.74) is 0. The second kappa shape index (κ2) is 4.35. The first kappa shape index (κ1) is 10.0. The minimum atomic E-state index is -0.571. The van der Waals surface area contributed by atoms with E-state index in [4.69, 9.17) is 0 Å². The number of rotatable bonds is 3. The molecule has 0 saturated carbocycles. The summed E-state index contributed by atoms with van der Waals surface area (Å²) in [5, 5.41) is 17.4. The smallest absolute Gasteiger partial charge is 0.390 e. The Balaban J connectivity index is 1.94. The highest BCUT2D eigenvalue weighted by atomic mass is 16.6. The average molecular weight is 211 g/mol.